The van der Waals surface area contributed by atoms with Crippen LogP contribution in [0.15, 0.2) is 52.8 Å². The van der Waals surface area contributed by atoms with E-state index in [0.29, 0.717) is 6.54 Å². The Labute approximate surface area is 147 Å². The Morgan fingerprint density at radius 1 is 1.24 bits per heavy atom. The lowest BCUT2D eigenvalue weighted by atomic mass is 10.2. The van der Waals surface area contributed by atoms with Crippen LogP contribution in [0.2, 0.25) is 0 Å². The maximum Gasteiger partial charge on any atom is 0.409 e. The Kier molecular flexibility index (Phi) is 4.12. The van der Waals surface area contributed by atoms with Crippen molar-refractivity contribution >= 4 is 49.0 Å². The highest BCUT2D eigenvalue weighted by atomic mass is 32.1. The number of fused-ring (bicyclic) bond motifs is 2. The molecule has 25 heavy (non-hydrogen) atoms. The Bertz CT molecular complexity index is 1050. The molecule has 3 N–H and O–H groups in total. The van der Waals surface area contributed by atoms with Crippen LogP contribution in [0.5, 0.6) is 0 Å². The number of aliphatic hydroxyl groups excluding tert-OH is 1. The highest BCUT2D eigenvalue weighted by molar-refractivity contribution is 7.21. The van der Waals surface area contributed by atoms with Gasteiger partial charge in [0.05, 0.1) is 35.2 Å². The normalized spacial score (nSPS) is 11.8. The Balaban J connectivity index is 1.61. The Morgan fingerprint density at radius 2 is 2.08 bits per heavy atom. The number of azo groups is 1. The molecule has 0 bridgehead atoms. The number of hydrogen-bond acceptors (Lipinski definition) is 6. The molecule has 2 heterocycles. The van der Waals surface area contributed by atoms with Crippen molar-refractivity contribution in [3.05, 3.63) is 42.6 Å². The zero-order chi connectivity index (χ0) is 17.2. The van der Waals surface area contributed by atoms with Crippen molar-refractivity contribution in [3.63, 3.8) is 0 Å². The third-order valence-electron chi connectivity index (χ3n) is 3.93. The standard InChI is InChI=1S/C17H16N6OS/c1-23-15-9-14-11(10-19-21-14)8-16(15)25-17(23)22-20-13-4-2-12(3-5-13)18-6-7-24/h2-5,8-10,24H,6-7H2,1H3,(H,19,21)/p+1. The van der Waals surface area contributed by atoms with Crippen LogP contribution in [0.25, 0.3) is 21.1 Å². The number of aromatic amines is 1. The van der Waals surface area contributed by atoms with E-state index in [9.17, 15) is 0 Å². The van der Waals surface area contributed by atoms with Gasteiger partial charge in [0.1, 0.15) is 11.2 Å². The molecule has 2 aromatic heterocycles. The molecule has 0 saturated heterocycles. The van der Waals surface area contributed by atoms with Gasteiger partial charge in [-0.2, -0.15) is 5.10 Å². The summed E-state index contributed by atoms with van der Waals surface area (Å²) in [5.41, 5.74) is 3.84. The summed E-state index contributed by atoms with van der Waals surface area (Å²) in [5, 5.41) is 29.6. The average molecular weight is 353 g/mol. The van der Waals surface area contributed by atoms with E-state index in [2.05, 4.69) is 37.9 Å². The maximum atomic E-state index is 8.82. The maximum absolute atomic E-state index is 8.82. The predicted molar refractivity (Wildman–Crippen MR) is 98.8 cm³/mol. The molecule has 7 nitrogen and oxygen atoms in total. The van der Waals surface area contributed by atoms with Gasteiger partial charge in [0.15, 0.2) is 0 Å². The number of aryl methyl sites for hydroxylation is 1. The van der Waals surface area contributed by atoms with Crippen molar-refractivity contribution in [2.75, 3.05) is 18.5 Å². The largest absolute Gasteiger partial charge is 0.409 e. The summed E-state index contributed by atoms with van der Waals surface area (Å²) in [7, 11) is 1.98. The van der Waals surface area contributed by atoms with E-state index < -0.39 is 0 Å². The van der Waals surface area contributed by atoms with Crippen LogP contribution in [0.3, 0.4) is 0 Å². The molecule has 0 amide bonds. The first-order valence-electron chi connectivity index (χ1n) is 7.87. The summed E-state index contributed by atoms with van der Waals surface area (Å²) in [6.07, 6.45) is 1.82. The molecular formula is C17H17N6OS+. The van der Waals surface area contributed by atoms with Gasteiger partial charge in [-0.1, -0.05) is 0 Å². The van der Waals surface area contributed by atoms with Crippen molar-refractivity contribution in [3.8, 4) is 0 Å². The number of aliphatic hydroxyl groups is 1. The monoisotopic (exact) mass is 353 g/mol. The van der Waals surface area contributed by atoms with Crippen molar-refractivity contribution in [1.29, 1.82) is 0 Å². The molecule has 4 rings (SSSR count). The Morgan fingerprint density at radius 3 is 2.88 bits per heavy atom. The molecule has 0 fully saturated rings. The topological polar surface area (TPSA) is 89.5 Å². The number of benzene rings is 2. The number of nitrogens with one attached hydrogen (secondary N) is 2. The van der Waals surface area contributed by atoms with Gasteiger partial charge in [-0.3, -0.25) is 5.10 Å². The van der Waals surface area contributed by atoms with Gasteiger partial charge in [0.2, 0.25) is 0 Å². The van der Waals surface area contributed by atoms with Crippen LogP contribution in [0, 0.1) is 0 Å². The molecule has 2 aromatic carbocycles. The first-order valence-corrected chi connectivity index (χ1v) is 8.68. The van der Waals surface area contributed by atoms with Gasteiger partial charge < -0.3 is 10.4 Å². The molecule has 4 aromatic rings. The molecule has 0 aliphatic rings. The van der Waals surface area contributed by atoms with Crippen molar-refractivity contribution in [1.82, 2.24) is 10.2 Å². The SMILES string of the molecule is C[n+]1c(N=Nc2ccc(NCCO)cc2)sc2cc3cn[nH]c3cc21. The minimum Gasteiger partial charge on any atom is -0.395 e. The summed E-state index contributed by atoms with van der Waals surface area (Å²) >= 11 is 1.60. The van der Waals surface area contributed by atoms with Gasteiger partial charge in [-0.05, 0) is 46.8 Å². The van der Waals surface area contributed by atoms with Crippen molar-refractivity contribution < 1.29 is 9.67 Å². The summed E-state index contributed by atoms with van der Waals surface area (Å²) in [5.74, 6) is 0. The number of thiazole rings is 1. The third-order valence-corrected chi connectivity index (χ3v) is 5.01. The van der Waals surface area contributed by atoms with E-state index >= 15 is 0 Å². The van der Waals surface area contributed by atoms with E-state index in [4.69, 9.17) is 5.11 Å². The van der Waals surface area contributed by atoms with Crippen molar-refractivity contribution in [2.24, 2.45) is 17.3 Å². The van der Waals surface area contributed by atoms with Crippen LogP contribution < -0.4 is 9.88 Å². The minimum absolute atomic E-state index is 0.106. The fourth-order valence-electron chi connectivity index (χ4n) is 2.61. The lowest BCUT2D eigenvalue weighted by molar-refractivity contribution is -0.627. The fraction of sp³-hybridized carbons (Fsp3) is 0.176. The van der Waals surface area contributed by atoms with Gasteiger partial charge >= 0.3 is 5.13 Å². The number of rotatable bonds is 5. The molecule has 0 saturated carbocycles. The highest BCUT2D eigenvalue weighted by Crippen LogP contribution is 2.30. The molecule has 0 aliphatic heterocycles. The van der Waals surface area contributed by atoms with E-state index in [1.807, 2.05) is 42.1 Å². The summed E-state index contributed by atoms with van der Waals surface area (Å²) < 4.78 is 3.18. The number of aromatic nitrogens is 3. The zero-order valence-electron chi connectivity index (χ0n) is 13.6. The Hall–Kier alpha value is -2.84. The van der Waals surface area contributed by atoms with Gasteiger partial charge in [-0.15, -0.1) is 0 Å². The molecule has 0 spiro atoms. The quantitative estimate of drug-likeness (QED) is 0.379. The average Bonchev–Trinajstić information content (AvgIpc) is 3.21. The molecule has 0 atom stereocenters. The van der Waals surface area contributed by atoms with Gasteiger partial charge in [-0.25, -0.2) is 4.57 Å². The second-order valence-electron chi connectivity index (χ2n) is 5.62. The number of anilines is 1. The van der Waals surface area contributed by atoms with Gasteiger partial charge in [0.25, 0.3) is 0 Å². The van der Waals surface area contributed by atoms with Crippen LogP contribution in [0.1, 0.15) is 0 Å². The highest BCUT2D eigenvalue weighted by Gasteiger charge is 2.17. The van der Waals surface area contributed by atoms with Gasteiger partial charge in [0, 0.05) is 23.7 Å². The second-order valence-corrected chi connectivity index (χ2v) is 6.63. The van der Waals surface area contributed by atoms with Crippen LogP contribution in [0.4, 0.5) is 16.5 Å². The van der Waals surface area contributed by atoms with Crippen LogP contribution >= 0.6 is 11.3 Å². The van der Waals surface area contributed by atoms with E-state index in [-0.39, 0.29) is 6.61 Å². The third kappa shape index (κ3) is 3.09. The van der Waals surface area contributed by atoms with E-state index in [1.54, 1.807) is 11.3 Å². The number of hydrogen-bond donors (Lipinski definition) is 3. The van der Waals surface area contributed by atoms with E-state index in [1.165, 1.54) is 0 Å². The lowest BCUT2D eigenvalue weighted by Gasteiger charge is -2.02. The predicted octanol–water partition coefficient (Wildman–Crippen LogP) is 3.42. The summed E-state index contributed by atoms with van der Waals surface area (Å²) in [6, 6.07) is 11.8. The number of H-pyrrole nitrogens is 1. The van der Waals surface area contributed by atoms with Crippen LogP contribution in [-0.4, -0.2) is 28.5 Å². The zero-order valence-corrected chi connectivity index (χ0v) is 14.4. The number of nitrogens with zero attached hydrogens (tertiary/aromatic N) is 4. The smallest absolute Gasteiger partial charge is 0.395 e. The van der Waals surface area contributed by atoms with Crippen LogP contribution in [-0.2, 0) is 7.05 Å². The molecule has 0 unspecified atom stereocenters. The first-order chi connectivity index (χ1) is 12.2. The molecule has 126 valence electrons. The minimum atomic E-state index is 0.106. The fourth-order valence-corrected chi connectivity index (χ4v) is 3.61. The van der Waals surface area contributed by atoms with Crippen molar-refractivity contribution in [2.45, 2.75) is 0 Å². The second kappa shape index (κ2) is 6.58. The molecular weight excluding hydrogens is 336 g/mol. The lowest BCUT2D eigenvalue weighted by Crippen LogP contribution is -2.25. The summed E-state index contributed by atoms with van der Waals surface area (Å²) in [6.45, 7) is 0.636. The summed E-state index contributed by atoms with van der Waals surface area (Å²) in [4.78, 5) is 0. The van der Waals surface area contributed by atoms with E-state index in [0.717, 1.165) is 37.6 Å². The first kappa shape index (κ1) is 15.7. The molecule has 8 heteroatoms. The molecule has 0 radical (unpaired) electrons. The molecule has 0 aliphatic carbocycles.